The summed E-state index contributed by atoms with van der Waals surface area (Å²) in [7, 11) is 0. The van der Waals surface area contributed by atoms with E-state index in [-0.39, 0.29) is 6.29 Å². The fourth-order valence-electron chi connectivity index (χ4n) is 0.327. The first-order valence-corrected chi connectivity index (χ1v) is 3.66. The average Bonchev–Trinajstić information content (AvgIpc) is 1.87. The third kappa shape index (κ3) is 1.78. The molecular weight excluding hydrogens is 216 g/mol. The summed E-state index contributed by atoms with van der Waals surface area (Å²) in [6.07, 6.45) is 0.190. The zero-order chi connectivity index (χ0) is 9.28. The van der Waals surface area contributed by atoms with Crippen molar-refractivity contribution < 1.29 is 19.8 Å². The Morgan fingerprint density at radius 3 is 2.00 bits per heavy atom. The van der Waals surface area contributed by atoms with Crippen molar-refractivity contribution in [3.8, 4) is 0 Å². The Kier molecular flexibility index (Phi) is 2.79. The Morgan fingerprint density at radius 1 is 1.55 bits per heavy atom. The second-order valence-electron chi connectivity index (χ2n) is 2.57. The van der Waals surface area contributed by atoms with Crippen molar-refractivity contribution >= 4 is 28.2 Å². The van der Waals surface area contributed by atoms with Gasteiger partial charge in [-0.1, -0.05) is 15.9 Å². The van der Waals surface area contributed by atoms with Gasteiger partial charge < -0.3 is 15.0 Å². The molecule has 0 bridgehead atoms. The van der Waals surface area contributed by atoms with Crippen LogP contribution in [0.1, 0.15) is 13.8 Å². The van der Waals surface area contributed by atoms with Crippen molar-refractivity contribution in [1.29, 1.82) is 0 Å². The minimum Gasteiger partial charge on any atom is -0.480 e. The van der Waals surface area contributed by atoms with Crippen LogP contribution in [-0.2, 0) is 9.59 Å². The zero-order valence-corrected chi connectivity index (χ0v) is 7.75. The molecule has 5 heteroatoms. The highest BCUT2D eigenvalue weighted by Crippen LogP contribution is 2.29. The smallest absolute Gasteiger partial charge is 0.323 e. The SMILES string of the molecule is C[C@@](O)(C=O)[C@](C)(Br)C(=O)O. The number of carbonyl (C=O) groups excluding carboxylic acids is 1. The molecule has 0 aliphatic heterocycles. The summed E-state index contributed by atoms with van der Waals surface area (Å²) in [5.74, 6) is -1.28. The Bertz CT molecular complexity index is 185. The highest BCUT2D eigenvalue weighted by atomic mass is 79.9. The number of hydrogen-bond acceptors (Lipinski definition) is 3. The molecule has 0 unspecified atom stereocenters. The average molecular weight is 225 g/mol. The van der Waals surface area contributed by atoms with Crippen LogP contribution in [0.4, 0.5) is 0 Å². The summed E-state index contributed by atoms with van der Waals surface area (Å²) in [5, 5.41) is 17.8. The molecule has 0 fully saturated rings. The topological polar surface area (TPSA) is 74.6 Å². The molecule has 0 spiro atoms. The number of rotatable bonds is 3. The standard InChI is InChI=1S/C6H9BrO4/c1-5(11,3-8)6(2,7)4(9)10/h3,11H,1-2H3,(H,9,10)/t5-,6-/m1/s1. The van der Waals surface area contributed by atoms with Crippen LogP contribution in [0, 0.1) is 0 Å². The lowest BCUT2D eigenvalue weighted by Gasteiger charge is -2.29. The van der Waals surface area contributed by atoms with Crippen molar-refractivity contribution in [2.75, 3.05) is 0 Å². The van der Waals surface area contributed by atoms with E-state index in [2.05, 4.69) is 15.9 Å². The third-order valence-corrected chi connectivity index (χ3v) is 2.72. The monoisotopic (exact) mass is 224 g/mol. The molecule has 0 aliphatic rings. The molecule has 0 aromatic rings. The molecule has 0 heterocycles. The van der Waals surface area contributed by atoms with Crippen LogP contribution in [0.2, 0.25) is 0 Å². The van der Waals surface area contributed by atoms with E-state index in [1.165, 1.54) is 6.92 Å². The minimum absolute atomic E-state index is 0.190. The van der Waals surface area contributed by atoms with Crippen LogP contribution in [-0.4, -0.2) is 32.4 Å². The van der Waals surface area contributed by atoms with Gasteiger partial charge in [-0.25, -0.2) is 0 Å². The maximum Gasteiger partial charge on any atom is 0.323 e. The van der Waals surface area contributed by atoms with Crippen molar-refractivity contribution in [2.24, 2.45) is 0 Å². The lowest BCUT2D eigenvalue weighted by Crippen LogP contribution is -2.52. The molecule has 2 N–H and O–H groups in total. The molecule has 0 aromatic carbocycles. The van der Waals surface area contributed by atoms with E-state index in [0.717, 1.165) is 6.92 Å². The largest absolute Gasteiger partial charge is 0.480 e. The number of aliphatic carboxylic acids is 1. The third-order valence-electron chi connectivity index (χ3n) is 1.58. The van der Waals surface area contributed by atoms with Gasteiger partial charge in [0.1, 0.15) is 5.60 Å². The van der Waals surface area contributed by atoms with Gasteiger partial charge >= 0.3 is 5.97 Å². The van der Waals surface area contributed by atoms with Crippen LogP contribution >= 0.6 is 15.9 Å². The maximum absolute atomic E-state index is 10.5. The van der Waals surface area contributed by atoms with Gasteiger partial charge in [-0.2, -0.15) is 0 Å². The first kappa shape index (κ1) is 10.6. The highest BCUT2D eigenvalue weighted by molar-refractivity contribution is 9.10. The Morgan fingerprint density at radius 2 is 1.91 bits per heavy atom. The quantitative estimate of drug-likeness (QED) is 0.530. The summed E-state index contributed by atoms with van der Waals surface area (Å²) in [6.45, 7) is 2.34. The molecule has 0 rings (SSSR count). The first-order chi connectivity index (χ1) is 4.75. The Balaban J connectivity index is 4.81. The zero-order valence-electron chi connectivity index (χ0n) is 6.17. The highest BCUT2D eigenvalue weighted by Gasteiger charge is 2.47. The van der Waals surface area contributed by atoms with E-state index >= 15 is 0 Å². The lowest BCUT2D eigenvalue weighted by molar-refractivity contribution is -0.149. The fraction of sp³-hybridized carbons (Fsp3) is 0.667. The number of aliphatic hydroxyl groups is 1. The van der Waals surface area contributed by atoms with Crippen molar-refractivity contribution in [2.45, 2.75) is 23.8 Å². The molecule has 0 radical (unpaired) electrons. The predicted molar refractivity (Wildman–Crippen MR) is 41.7 cm³/mol. The van der Waals surface area contributed by atoms with E-state index in [0.29, 0.717) is 0 Å². The van der Waals surface area contributed by atoms with Crippen LogP contribution in [0.25, 0.3) is 0 Å². The second-order valence-corrected chi connectivity index (χ2v) is 4.16. The molecule has 64 valence electrons. The molecule has 4 nitrogen and oxygen atoms in total. The predicted octanol–water partition coefficient (Wildman–Crippen LogP) is 0.174. The summed E-state index contributed by atoms with van der Waals surface area (Å²) < 4.78 is -1.64. The number of carboxylic acids is 1. The molecular formula is C6H9BrO4. The molecule has 0 amide bonds. The van der Waals surface area contributed by atoms with Gasteiger partial charge in [-0.05, 0) is 13.8 Å². The number of halogens is 1. The molecule has 0 aromatic heterocycles. The molecule has 0 aliphatic carbocycles. The van der Waals surface area contributed by atoms with E-state index in [9.17, 15) is 14.7 Å². The molecule has 0 saturated heterocycles. The first-order valence-electron chi connectivity index (χ1n) is 2.86. The van der Waals surface area contributed by atoms with Gasteiger partial charge in [0.25, 0.3) is 0 Å². The Labute approximate surface area is 72.3 Å². The molecule has 0 saturated carbocycles. The van der Waals surface area contributed by atoms with Gasteiger partial charge in [-0.3, -0.25) is 4.79 Å². The summed E-state index contributed by atoms with van der Waals surface area (Å²) in [4.78, 5) is 20.7. The maximum atomic E-state index is 10.5. The van der Waals surface area contributed by atoms with E-state index < -0.39 is 15.9 Å². The van der Waals surface area contributed by atoms with E-state index in [4.69, 9.17) is 5.11 Å². The minimum atomic E-state index is -1.90. The molecule has 2 atom stereocenters. The number of hydrogen-bond donors (Lipinski definition) is 2. The lowest BCUT2D eigenvalue weighted by atomic mass is 9.92. The van der Waals surface area contributed by atoms with Crippen molar-refractivity contribution in [3.63, 3.8) is 0 Å². The van der Waals surface area contributed by atoms with Crippen LogP contribution < -0.4 is 0 Å². The summed E-state index contributed by atoms with van der Waals surface area (Å²) in [5.41, 5.74) is -1.90. The number of carbonyl (C=O) groups is 2. The number of alkyl halides is 1. The van der Waals surface area contributed by atoms with Gasteiger partial charge in [-0.15, -0.1) is 0 Å². The summed E-state index contributed by atoms with van der Waals surface area (Å²) in [6, 6.07) is 0. The summed E-state index contributed by atoms with van der Waals surface area (Å²) >= 11 is 2.75. The van der Waals surface area contributed by atoms with Gasteiger partial charge in [0.2, 0.25) is 0 Å². The van der Waals surface area contributed by atoms with Gasteiger partial charge in [0, 0.05) is 0 Å². The number of carboxylic acid groups (broad SMARTS) is 1. The van der Waals surface area contributed by atoms with E-state index in [1.54, 1.807) is 0 Å². The second kappa shape index (κ2) is 2.91. The normalized spacial score (nSPS) is 21.5. The van der Waals surface area contributed by atoms with Gasteiger partial charge in [0.15, 0.2) is 10.6 Å². The fourth-order valence-corrected chi connectivity index (χ4v) is 0.421. The van der Waals surface area contributed by atoms with Crippen LogP contribution in [0.5, 0.6) is 0 Å². The molecule has 11 heavy (non-hydrogen) atoms. The number of aldehydes is 1. The van der Waals surface area contributed by atoms with Crippen LogP contribution in [0.15, 0.2) is 0 Å². The van der Waals surface area contributed by atoms with Gasteiger partial charge in [0.05, 0.1) is 0 Å². The van der Waals surface area contributed by atoms with Crippen LogP contribution in [0.3, 0.4) is 0 Å². The Hall–Kier alpha value is -0.420. The van der Waals surface area contributed by atoms with Crippen molar-refractivity contribution in [3.05, 3.63) is 0 Å². The van der Waals surface area contributed by atoms with Crippen molar-refractivity contribution in [1.82, 2.24) is 0 Å². The van der Waals surface area contributed by atoms with E-state index in [1.807, 2.05) is 0 Å².